The first-order chi connectivity index (χ1) is 23.3. The lowest BCUT2D eigenvalue weighted by molar-refractivity contribution is 0.498. The van der Waals surface area contributed by atoms with Crippen molar-refractivity contribution in [2.45, 2.75) is 144 Å². The molecule has 50 heavy (non-hydrogen) atoms. The highest BCUT2D eigenvalue weighted by molar-refractivity contribution is 7.39. The van der Waals surface area contributed by atoms with Crippen LogP contribution in [0.1, 0.15) is 155 Å². The molecule has 0 bridgehead atoms. The Bertz CT molecular complexity index is 1820. The number of benzene rings is 4. The molecule has 0 saturated carbocycles. The van der Waals surface area contributed by atoms with Gasteiger partial charge in [0.15, 0.2) is 0 Å². The molecule has 4 aromatic carbocycles. The molecular weight excluding hydrogens is 629 g/mol. The third-order valence-electron chi connectivity index (χ3n) is 10.1. The van der Waals surface area contributed by atoms with Crippen molar-refractivity contribution in [2.24, 2.45) is 0 Å². The summed E-state index contributed by atoms with van der Waals surface area (Å²) in [7, 11) is -1.64. The Labute approximate surface area is 304 Å². The first-order valence-electron chi connectivity index (χ1n) is 18.7. The summed E-state index contributed by atoms with van der Waals surface area (Å²) >= 11 is 0. The van der Waals surface area contributed by atoms with Crippen molar-refractivity contribution >= 4 is 30.1 Å². The van der Waals surface area contributed by atoms with Gasteiger partial charge >= 0.3 is 8.16 Å². The second-order valence-electron chi connectivity index (χ2n) is 18.3. The van der Waals surface area contributed by atoms with E-state index in [-0.39, 0.29) is 33.7 Å². The maximum absolute atomic E-state index is 7.60. The number of nitrogens with zero attached hydrogens (tertiary/aromatic N) is 1. The lowest BCUT2D eigenvalue weighted by atomic mass is 9.77. The van der Waals surface area contributed by atoms with Crippen LogP contribution in [0.4, 0.5) is 0 Å². The summed E-state index contributed by atoms with van der Waals surface area (Å²) in [5.74, 6) is 0. The van der Waals surface area contributed by atoms with Crippen LogP contribution in [0.25, 0.3) is 21.9 Å². The van der Waals surface area contributed by atoms with Crippen LogP contribution < -0.4 is 4.67 Å². The van der Waals surface area contributed by atoms with Gasteiger partial charge in [0.25, 0.3) is 0 Å². The molecule has 0 aliphatic rings. The highest BCUT2D eigenvalue weighted by atomic mass is 31.1. The molecule has 0 unspecified atom stereocenters. The van der Waals surface area contributed by atoms with Crippen molar-refractivity contribution in [1.29, 1.82) is 0 Å². The molecule has 0 aliphatic carbocycles. The van der Waals surface area contributed by atoms with Gasteiger partial charge in [0.2, 0.25) is 0 Å². The molecule has 4 heteroatoms. The number of fused-ring (bicyclic) bond motifs is 3. The molecule has 0 spiro atoms. The Kier molecular flexibility index (Phi) is 10.7. The van der Waals surface area contributed by atoms with E-state index in [9.17, 15) is 0 Å². The third kappa shape index (κ3) is 7.80. The monoisotopic (exact) mass is 691 g/mol. The quantitative estimate of drug-likeness (QED) is 0.170. The molecule has 0 amide bonds. The van der Waals surface area contributed by atoms with Crippen molar-refractivity contribution in [3.63, 3.8) is 0 Å². The fourth-order valence-corrected chi connectivity index (χ4v) is 9.03. The van der Waals surface area contributed by atoms with E-state index in [2.05, 4.69) is 187 Å². The molecule has 268 valence electrons. The summed E-state index contributed by atoms with van der Waals surface area (Å²) in [6.07, 6.45) is 1.84. The Morgan fingerprint density at radius 1 is 0.500 bits per heavy atom. The lowest BCUT2D eigenvalue weighted by Crippen LogP contribution is -2.30. The minimum Gasteiger partial charge on any atom is -0.407 e. The van der Waals surface area contributed by atoms with Crippen molar-refractivity contribution < 1.29 is 8.39 Å². The van der Waals surface area contributed by atoms with Gasteiger partial charge in [0.05, 0.1) is 0 Å². The third-order valence-corrected chi connectivity index (χ3v) is 11.7. The second kappa shape index (κ2) is 14.0. The van der Waals surface area contributed by atoms with Gasteiger partial charge in [-0.2, -0.15) is 4.67 Å². The molecule has 0 aliphatic heterocycles. The topological polar surface area (TPSA) is 29.5 Å². The zero-order valence-electron chi connectivity index (χ0n) is 33.4. The minimum absolute atomic E-state index is 0.0468. The van der Waals surface area contributed by atoms with E-state index < -0.39 is 8.16 Å². The fourth-order valence-electron chi connectivity index (χ4n) is 7.05. The van der Waals surface area contributed by atoms with Crippen LogP contribution in [0.15, 0.2) is 93.3 Å². The van der Waals surface area contributed by atoms with Crippen LogP contribution >= 0.6 is 8.16 Å². The smallest absolute Gasteiger partial charge is 0.310 e. The molecule has 0 fully saturated rings. The Morgan fingerprint density at radius 2 is 0.840 bits per heavy atom. The van der Waals surface area contributed by atoms with E-state index >= 15 is 0 Å². The average Bonchev–Trinajstić information content (AvgIpc) is 3.19. The van der Waals surface area contributed by atoms with Crippen LogP contribution in [0.3, 0.4) is 0 Å². The molecule has 5 rings (SSSR count). The Balaban J connectivity index is 2.09. The maximum Gasteiger partial charge on any atom is 0.310 e. The van der Waals surface area contributed by atoms with E-state index in [1.165, 1.54) is 33.4 Å². The van der Waals surface area contributed by atoms with Crippen molar-refractivity contribution in [2.75, 3.05) is 4.67 Å². The van der Waals surface area contributed by atoms with Crippen LogP contribution in [-0.2, 0) is 21.7 Å². The highest BCUT2D eigenvalue weighted by Crippen LogP contribution is 2.51. The molecule has 3 nitrogen and oxygen atoms in total. The zero-order chi connectivity index (χ0) is 36.8. The molecule has 5 aromatic rings. The molecule has 0 N–H and O–H groups in total. The largest absolute Gasteiger partial charge is 0.407 e. The minimum atomic E-state index is -1.64. The lowest BCUT2D eigenvalue weighted by Gasteiger charge is -2.35. The summed E-state index contributed by atoms with van der Waals surface area (Å²) in [6.45, 7) is 32.4. The number of hydrogen-bond acceptors (Lipinski definition) is 3. The molecule has 0 saturated heterocycles. The SMILES string of the molecule is CC[C@H](c1ccccc1)N([C@H](CC)c1ccccc1)p1oc2c(C(C)(C)C)cc(C(C)(C)C)cc2c2cc(C(C)(C)C)cc(C(C)(C)C)c2o1. The van der Waals surface area contributed by atoms with Gasteiger partial charge < -0.3 is 8.39 Å². The van der Waals surface area contributed by atoms with Gasteiger partial charge in [-0.15, -0.1) is 0 Å². The highest BCUT2D eigenvalue weighted by Gasteiger charge is 2.35. The summed E-state index contributed by atoms with van der Waals surface area (Å²) in [5, 5.41) is 2.28. The van der Waals surface area contributed by atoms with Crippen molar-refractivity contribution in [1.82, 2.24) is 0 Å². The molecular formula is C46H62NO2P. The van der Waals surface area contributed by atoms with Gasteiger partial charge in [-0.05, 0) is 68.9 Å². The first kappa shape index (κ1) is 38.0. The number of rotatable bonds is 7. The summed E-state index contributed by atoms with van der Waals surface area (Å²) in [4.78, 5) is 0. The maximum atomic E-state index is 7.60. The van der Waals surface area contributed by atoms with Gasteiger partial charge in [0, 0.05) is 34.0 Å². The Morgan fingerprint density at radius 3 is 1.12 bits per heavy atom. The standard InChI is InChI=1S/C46H62NO2P/c1-15-39(31-23-19-17-20-24-31)47(40(16-2)32-25-21-18-22-26-32)50-48-41-35(27-33(43(3,4)5)29-37(41)45(9,10)11)36-28-34(44(6,7)8)30-38(42(36)49-50)46(12,13)14/h17-30,39-40H,15-16H2,1-14H3/t39-,40-/m1/s1. The molecule has 0 radical (unpaired) electrons. The predicted octanol–water partition coefficient (Wildman–Crippen LogP) is 14.7. The summed E-state index contributed by atoms with van der Waals surface area (Å²) in [5.41, 5.74) is 9.12. The fraction of sp³-hybridized carbons (Fsp3) is 0.478. The summed E-state index contributed by atoms with van der Waals surface area (Å²) < 4.78 is 17.8. The second-order valence-corrected chi connectivity index (χ2v) is 19.6. The van der Waals surface area contributed by atoms with E-state index in [4.69, 9.17) is 8.39 Å². The van der Waals surface area contributed by atoms with Crippen LogP contribution in [0.5, 0.6) is 0 Å². The van der Waals surface area contributed by atoms with E-state index in [0.29, 0.717) is 0 Å². The first-order valence-corrected chi connectivity index (χ1v) is 19.8. The Hall–Kier alpha value is -3.26. The van der Waals surface area contributed by atoms with Crippen LogP contribution in [0.2, 0.25) is 0 Å². The van der Waals surface area contributed by atoms with E-state index in [1.807, 2.05) is 0 Å². The predicted molar refractivity (Wildman–Crippen MR) is 218 cm³/mol. The molecule has 2 atom stereocenters. The zero-order valence-corrected chi connectivity index (χ0v) is 34.3. The van der Waals surface area contributed by atoms with Gasteiger partial charge in [-0.1, -0.05) is 170 Å². The van der Waals surface area contributed by atoms with E-state index in [1.54, 1.807) is 0 Å². The van der Waals surface area contributed by atoms with Crippen molar-refractivity contribution in [3.8, 4) is 0 Å². The van der Waals surface area contributed by atoms with Gasteiger partial charge in [-0.25, -0.2) is 0 Å². The van der Waals surface area contributed by atoms with Gasteiger partial charge in [0.1, 0.15) is 11.2 Å². The average molecular weight is 692 g/mol. The summed E-state index contributed by atoms with van der Waals surface area (Å²) in [6, 6.07) is 31.7. The van der Waals surface area contributed by atoms with Crippen molar-refractivity contribution in [3.05, 3.63) is 118 Å². The van der Waals surface area contributed by atoms with Crippen LogP contribution in [0, 0.1) is 0 Å². The van der Waals surface area contributed by atoms with Gasteiger partial charge in [-0.3, -0.25) is 0 Å². The normalized spacial score (nSPS) is 14.4. The molecule has 1 aromatic heterocycles. The van der Waals surface area contributed by atoms with E-state index in [0.717, 1.165) is 34.8 Å². The molecule has 1 heterocycles. The number of hydrogen-bond donors (Lipinski definition) is 0. The van der Waals surface area contributed by atoms with Crippen LogP contribution in [-0.4, -0.2) is 0 Å².